The Morgan fingerprint density at radius 2 is 0.844 bits per heavy atom. The average molecular weight is 1090 g/mol. The molecule has 1 amide bonds. The molecule has 16 heteroatoms. The lowest BCUT2D eigenvalue weighted by molar-refractivity contribution is -0.157. The first-order chi connectivity index (χ1) is 37.4. The fourth-order valence-corrected chi connectivity index (χ4v) is 10.0. The van der Waals surface area contributed by atoms with Crippen molar-refractivity contribution in [2.75, 3.05) is 59.8 Å². The van der Waals surface area contributed by atoms with Gasteiger partial charge in [0.1, 0.15) is 12.7 Å². The van der Waals surface area contributed by atoms with Gasteiger partial charge in [0.25, 0.3) is 0 Å². The highest BCUT2D eigenvalue weighted by Gasteiger charge is 2.40. The third-order valence-corrected chi connectivity index (χ3v) is 15.0. The molecule has 0 N–H and O–H groups in total. The van der Waals surface area contributed by atoms with Gasteiger partial charge < -0.3 is 38.1 Å². The van der Waals surface area contributed by atoms with Crippen LogP contribution in [0.5, 0.6) is 0 Å². The van der Waals surface area contributed by atoms with Crippen LogP contribution in [0.25, 0.3) is 0 Å². The molecule has 0 spiro atoms. The number of hydrogen-bond acceptors (Lipinski definition) is 15. The molecule has 446 valence electrons. The Bertz CT molecular complexity index is 1530. The predicted molar refractivity (Wildman–Crippen MR) is 299 cm³/mol. The molecule has 2 saturated heterocycles. The smallest absolute Gasteiger partial charge is 0.410 e. The molecule has 77 heavy (non-hydrogen) atoms. The van der Waals surface area contributed by atoms with E-state index in [0.29, 0.717) is 32.1 Å². The molecule has 2 fully saturated rings. The standard InChI is InChI=1S/C61H108N2O14/c1-6-10-14-18-22-28-34-55(64)72-45-50(46-73-56(65)35-29-23-19-15-11-7-2)41-59(68)76-49-53-43-54(44-63(53)61(70)71-40-38-52-33-27-26-32-39-62(52)5)77-60(69)42-51(47-74-57(66)36-30-24-20-16-12-8-3)48-75-58(67)37-31-25-21-17-13-9-4/h50-54H,6-49H2,1-5H3/t52?,53-,54+/m0/s1. The van der Waals surface area contributed by atoms with Gasteiger partial charge >= 0.3 is 41.9 Å². The first kappa shape index (κ1) is 69.2. The summed E-state index contributed by atoms with van der Waals surface area (Å²) in [6.07, 6.45) is 29.0. The van der Waals surface area contributed by atoms with Crippen molar-refractivity contribution < 1.29 is 66.7 Å². The van der Waals surface area contributed by atoms with Crippen molar-refractivity contribution in [1.82, 2.24) is 9.80 Å². The van der Waals surface area contributed by atoms with Gasteiger partial charge in [-0.25, -0.2) is 4.79 Å². The summed E-state index contributed by atoms with van der Waals surface area (Å²) in [5, 5.41) is 0. The van der Waals surface area contributed by atoms with Gasteiger partial charge in [-0.1, -0.05) is 169 Å². The van der Waals surface area contributed by atoms with Crippen LogP contribution >= 0.6 is 0 Å². The van der Waals surface area contributed by atoms with Crippen molar-refractivity contribution in [3.05, 3.63) is 0 Å². The summed E-state index contributed by atoms with van der Waals surface area (Å²) in [6.45, 7) is 9.09. The minimum absolute atomic E-state index is 0.00694. The third kappa shape index (κ3) is 36.0. The highest BCUT2D eigenvalue weighted by molar-refractivity contribution is 5.73. The van der Waals surface area contributed by atoms with Crippen LogP contribution < -0.4 is 0 Å². The molecule has 0 saturated carbocycles. The number of carbonyl (C=O) groups excluding carboxylic acids is 7. The maximum atomic E-state index is 13.9. The maximum Gasteiger partial charge on any atom is 0.410 e. The molecule has 3 atom stereocenters. The quantitative estimate of drug-likeness (QED) is 0.0317. The fourth-order valence-electron chi connectivity index (χ4n) is 10.0. The lowest BCUT2D eigenvalue weighted by atomic mass is 10.1. The number of amides is 1. The number of nitrogens with zero attached hydrogens (tertiary/aromatic N) is 2. The molecule has 0 bridgehead atoms. The number of likely N-dealkylation sites (tertiary alicyclic amines) is 2. The largest absolute Gasteiger partial charge is 0.465 e. The number of hydrogen-bond donors (Lipinski definition) is 0. The molecular formula is C61H108N2O14. The minimum Gasteiger partial charge on any atom is -0.465 e. The molecular weight excluding hydrogens is 985 g/mol. The van der Waals surface area contributed by atoms with Crippen molar-refractivity contribution in [3.63, 3.8) is 0 Å². The Morgan fingerprint density at radius 1 is 0.442 bits per heavy atom. The lowest BCUT2D eigenvalue weighted by Gasteiger charge is -2.27. The van der Waals surface area contributed by atoms with Gasteiger partial charge in [-0.15, -0.1) is 0 Å². The Labute approximate surface area is 465 Å². The molecule has 0 aromatic carbocycles. The molecule has 0 aliphatic carbocycles. The Morgan fingerprint density at radius 3 is 1.27 bits per heavy atom. The van der Waals surface area contributed by atoms with E-state index >= 15 is 0 Å². The Kier molecular flexibility index (Phi) is 41.2. The van der Waals surface area contributed by atoms with Crippen molar-refractivity contribution >= 4 is 41.9 Å². The molecule has 16 nitrogen and oxygen atoms in total. The van der Waals surface area contributed by atoms with Crippen molar-refractivity contribution in [3.8, 4) is 0 Å². The summed E-state index contributed by atoms with van der Waals surface area (Å²) in [4.78, 5) is 96.0. The van der Waals surface area contributed by atoms with Crippen molar-refractivity contribution in [2.45, 2.75) is 277 Å². The van der Waals surface area contributed by atoms with E-state index in [-0.39, 0.29) is 121 Å². The molecule has 2 aliphatic rings. The second-order valence-electron chi connectivity index (χ2n) is 22.2. The van der Waals surface area contributed by atoms with Gasteiger partial charge in [-0.05, 0) is 58.5 Å². The number of ether oxygens (including phenoxy) is 7. The molecule has 2 heterocycles. The Balaban J connectivity index is 2.15. The van der Waals surface area contributed by atoms with E-state index in [1.54, 1.807) is 0 Å². The fraction of sp³-hybridized carbons (Fsp3) is 0.885. The van der Waals surface area contributed by atoms with Gasteiger partial charge in [-0.3, -0.25) is 33.7 Å². The first-order valence-corrected chi connectivity index (χ1v) is 31.0. The second kappa shape index (κ2) is 45.9. The summed E-state index contributed by atoms with van der Waals surface area (Å²) < 4.78 is 40.1. The zero-order valence-electron chi connectivity index (χ0n) is 49.1. The summed E-state index contributed by atoms with van der Waals surface area (Å²) >= 11 is 0. The maximum absolute atomic E-state index is 13.9. The van der Waals surface area contributed by atoms with E-state index in [1.165, 1.54) is 11.3 Å². The topological polar surface area (TPSA) is 191 Å². The number of unbranched alkanes of at least 4 members (excludes halogenated alkanes) is 20. The van der Waals surface area contributed by atoms with Crippen LogP contribution in [0.3, 0.4) is 0 Å². The third-order valence-electron chi connectivity index (χ3n) is 15.0. The van der Waals surface area contributed by atoms with Crippen LogP contribution in [-0.2, 0) is 61.9 Å². The van der Waals surface area contributed by atoms with Crippen LogP contribution in [0.2, 0.25) is 0 Å². The number of rotatable bonds is 46. The molecule has 2 rings (SSSR count). The van der Waals surface area contributed by atoms with Gasteiger partial charge in [0.2, 0.25) is 0 Å². The zero-order chi connectivity index (χ0) is 56.1. The van der Waals surface area contributed by atoms with Crippen LogP contribution in [0, 0.1) is 11.8 Å². The molecule has 0 aromatic heterocycles. The summed E-state index contributed by atoms with van der Waals surface area (Å²) in [7, 11) is 2.10. The van der Waals surface area contributed by atoms with Crippen LogP contribution in [0.15, 0.2) is 0 Å². The van der Waals surface area contributed by atoms with E-state index in [2.05, 4.69) is 39.6 Å². The monoisotopic (exact) mass is 1090 g/mol. The van der Waals surface area contributed by atoms with E-state index in [9.17, 15) is 33.6 Å². The second-order valence-corrected chi connectivity index (χ2v) is 22.2. The van der Waals surface area contributed by atoms with E-state index < -0.39 is 42.0 Å². The molecule has 0 radical (unpaired) electrons. The van der Waals surface area contributed by atoms with Crippen molar-refractivity contribution in [2.24, 2.45) is 11.8 Å². The van der Waals surface area contributed by atoms with Crippen LogP contribution in [-0.4, -0.2) is 130 Å². The number of esters is 6. The zero-order valence-corrected chi connectivity index (χ0v) is 49.1. The number of carbonyl (C=O) groups is 7. The van der Waals surface area contributed by atoms with E-state index in [0.717, 1.165) is 154 Å². The van der Waals surface area contributed by atoms with E-state index in [1.807, 2.05) is 0 Å². The highest BCUT2D eigenvalue weighted by atomic mass is 16.6. The summed E-state index contributed by atoms with van der Waals surface area (Å²) in [5.41, 5.74) is 0. The minimum atomic E-state index is -0.775. The van der Waals surface area contributed by atoms with Gasteiger partial charge in [0.05, 0.1) is 58.5 Å². The van der Waals surface area contributed by atoms with Gasteiger partial charge in [0, 0.05) is 50.0 Å². The normalized spacial score (nSPS) is 16.8. The Hall–Kier alpha value is -3.95. The predicted octanol–water partition coefficient (Wildman–Crippen LogP) is 13.1. The van der Waals surface area contributed by atoms with Gasteiger partial charge in [-0.2, -0.15) is 0 Å². The van der Waals surface area contributed by atoms with Gasteiger partial charge in [0.15, 0.2) is 0 Å². The average Bonchev–Trinajstić information content (AvgIpc) is 3.71. The first-order valence-electron chi connectivity index (χ1n) is 31.0. The lowest BCUT2D eigenvalue weighted by Crippen LogP contribution is -2.40. The molecule has 0 aromatic rings. The van der Waals surface area contributed by atoms with Crippen molar-refractivity contribution in [1.29, 1.82) is 0 Å². The molecule has 1 unspecified atom stereocenters. The van der Waals surface area contributed by atoms with Crippen LogP contribution in [0.4, 0.5) is 4.79 Å². The summed E-state index contributed by atoms with van der Waals surface area (Å²) in [6, 6.07) is -0.417. The SMILES string of the molecule is CCCCCCCCC(=O)OCC(COC(=O)CCCCCCCC)CC(=O)OC[C@@H]1C[C@@H](OC(=O)CC(COC(=O)CCCCCCCC)COC(=O)CCCCCCCC)CN1C(=O)OCCC1CCCCCN1C. The molecule has 2 aliphatic heterocycles. The summed E-state index contributed by atoms with van der Waals surface area (Å²) in [5.74, 6) is -4.02. The van der Waals surface area contributed by atoms with Crippen LogP contribution in [0.1, 0.15) is 259 Å². The highest BCUT2D eigenvalue weighted by Crippen LogP contribution is 2.25. The van der Waals surface area contributed by atoms with E-state index in [4.69, 9.17) is 33.2 Å².